The number of likely N-dealkylation sites (tertiary alicyclic amines) is 1. The second kappa shape index (κ2) is 10.5. The van der Waals surface area contributed by atoms with Crippen LogP contribution in [0.4, 0.5) is 0 Å². The van der Waals surface area contributed by atoms with E-state index in [1.165, 1.54) is 29.7 Å². The predicted molar refractivity (Wildman–Crippen MR) is 132 cm³/mol. The molecule has 0 radical (unpaired) electrons. The van der Waals surface area contributed by atoms with Crippen LogP contribution in [0.25, 0.3) is 5.65 Å². The van der Waals surface area contributed by atoms with Crippen LogP contribution in [-0.4, -0.2) is 52.3 Å². The SMILES string of the molecule is Cc1nn2c(C3CCCN(Cc4ccc(Cl)cc4)C3)ccnc2c1CNCC1CCOCC1. The van der Waals surface area contributed by atoms with Gasteiger partial charge in [-0.15, -0.1) is 0 Å². The molecule has 2 aliphatic heterocycles. The van der Waals surface area contributed by atoms with E-state index in [1.807, 2.05) is 18.3 Å². The molecule has 2 saturated heterocycles. The quantitative estimate of drug-likeness (QED) is 0.551. The van der Waals surface area contributed by atoms with Crippen molar-refractivity contribution in [3.8, 4) is 0 Å². The van der Waals surface area contributed by atoms with E-state index < -0.39 is 0 Å². The first kappa shape index (κ1) is 22.8. The highest BCUT2D eigenvalue weighted by molar-refractivity contribution is 6.30. The van der Waals surface area contributed by atoms with Gasteiger partial charge in [-0.1, -0.05) is 23.7 Å². The van der Waals surface area contributed by atoms with Gasteiger partial charge in [0.15, 0.2) is 5.65 Å². The van der Waals surface area contributed by atoms with Gasteiger partial charge in [0.25, 0.3) is 0 Å². The van der Waals surface area contributed by atoms with E-state index in [-0.39, 0.29) is 0 Å². The number of nitrogens with one attached hydrogen (secondary N) is 1. The molecule has 1 aromatic carbocycles. The van der Waals surface area contributed by atoms with Crippen molar-refractivity contribution in [1.82, 2.24) is 24.8 Å². The van der Waals surface area contributed by atoms with Crippen molar-refractivity contribution >= 4 is 17.2 Å². The monoisotopic (exact) mass is 467 g/mol. The van der Waals surface area contributed by atoms with Gasteiger partial charge in [-0.2, -0.15) is 5.10 Å². The Morgan fingerprint density at radius 3 is 2.76 bits per heavy atom. The maximum absolute atomic E-state index is 6.06. The Morgan fingerprint density at radius 2 is 1.94 bits per heavy atom. The highest BCUT2D eigenvalue weighted by Gasteiger charge is 2.25. The summed E-state index contributed by atoms with van der Waals surface area (Å²) in [6, 6.07) is 10.4. The van der Waals surface area contributed by atoms with Crippen LogP contribution in [0.5, 0.6) is 0 Å². The van der Waals surface area contributed by atoms with Gasteiger partial charge in [-0.05, 0) is 75.4 Å². The minimum atomic E-state index is 0.457. The van der Waals surface area contributed by atoms with Crippen molar-refractivity contribution in [2.45, 2.75) is 51.6 Å². The molecule has 2 aromatic heterocycles. The molecule has 6 nitrogen and oxygen atoms in total. The molecule has 176 valence electrons. The lowest BCUT2D eigenvalue weighted by atomic mass is 9.94. The molecule has 0 amide bonds. The van der Waals surface area contributed by atoms with Crippen molar-refractivity contribution in [3.05, 3.63) is 64.1 Å². The van der Waals surface area contributed by atoms with Crippen LogP contribution in [-0.2, 0) is 17.8 Å². The Bertz CT molecular complexity index is 1060. The van der Waals surface area contributed by atoms with E-state index >= 15 is 0 Å². The van der Waals surface area contributed by atoms with Crippen LogP contribution in [0.3, 0.4) is 0 Å². The Hall–Kier alpha value is -1.99. The molecule has 1 N–H and O–H groups in total. The van der Waals surface area contributed by atoms with Gasteiger partial charge in [-0.25, -0.2) is 9.50 Å². The highest BCUT2D eigenvalue weighted by Crippen LogP contribution is 2.29. The van der Waals surface area contributed by atoms with Crippen LogP contribution in [0.15, 0.2) is 36.5 Å². The number of aromatic nitrogens is 3. The molecular weight excluding hydrogens is 434 g/mol. The molecule has 0 saturated carbocycles. The second-order valence-corrected chi connectivity index (χ2v) is 9.99. The summed E-state index contributed by atoms with van der Waals surface area (Å²) in [6.07, 6.45) is 6.65. The fraction of sp³-hybridized carbons (Fsp3) is 0.538. The average molecular weight is 468 g/mol. The van der Waals surface area contributed by atoms with E-state index in [1.54, 1.807) is 0 Å². The average Bonchev–Trinajstić information content (AvgIpc) is 3.16. The lowest BCUT2D eigenvalue weighted by Gasteiger charge is -2.33. The maximum atomic E-state index is 6.06. The molecular formula is C26H34ClN5O. The number of fused-ring (bicyclic) bond motifs is 1. The number of aryl methyl sites for hydroxylation is 1. The van der Waals surface area contributed by atoms with Gasteiger partial charge >= 0.3 is 0 Å². The summed E-state index contributed by atoms with van der Waals surface area (Å²) >= 11 is 6.06. The molecule has 1 unspecified atom stereocenters. The van der Waals surface area contributed by atoms with Gasteiger partial charge < -0.3 is 10.1 Å². The van der Waals surface area contributed by atoms with Gasteiger partial charge in [0.2, 0.25) is 0 Å². The summed E-state index contributed by atoms with van der Waals surface area (Å²) in [5, 5.41) is 9.39. The zero-order valence-electron chi connectivity index (χ0n) is 19.5. The molecule has 0 aliphatic carbocycles. The summed E-state index contributed by atoms with van der Waals surface area (Å²) in [4.78, 5) is 7.28. The number of ether oxygens (including phenoxy) is 1. The molecule has 4 heterocycles. The third kappa shape index (κ3) is 5.40. The normalized spacial score (nSPS) is 20.5. The van der Waals surface area contributed by atoms with Gasteiger partial charge in [0.05, 0.1) is 11.4 Å². The largest absolute Gasteiger partial charge is 0.381 e. The molecule has 33 heavy (non-hydrogen) atoms. The number of benzene rings is 1. The highest BCUT2D eigenvalue weighted by atomic mass is 35.5. The topological polar surface area (TPSA) is 54.7 Å². The number of halogens is 1. The number of hydrogen-bond acceptors (Lipinski definition) is 5. The standard InChI is InChI=1S/C26H34ClN5O/c1-19-24(16-28-15-20-9-13-33-14-10-20)26-29-11-8-25(32(26)30-19)22-3-2-12-31(18-22)17-21-4-6-23(27)7-5-21/h4-8,11,20,22,28H,2-3,9-10,12-18H2,1H3. The van der Waals surface area contributed by atoms with Gasteiger partial charge in [-0.3, -0.25) is 4.90 Å². The number of rotatable bonds is 7. The van der Waals surface area contributed by atoms with E-state index in [9.17, 15) is 0 Å². The summed E-state index contributed by atoms with van der Waals surface area (Å²) in [7, 11) is 0. The lowest BCUT2D eigenvalue weighted by Crippen LogP contribution is -2.34. The first-order valence-electron chi connectivity index (χ1n) is 12.3. The summed E-state index contributed by atoms with van der Waals surface area (Å²) in [6.45, 7) is 8.87. The predicted octanol–water partition coefficient (Wildman–Crippen LogP) is 4.59. The maximum Gasteiger partial charge on any atom is 0.159 e. The van der Waals surface area contributed by atoms with Crippen LogP contribution in [0, 0.1) is 12.8 Å². The van der Waals surface area contributed by atoms with Crippen LogP contribution in [0.2, 0.25) is 5.02 Å². The third-order valence-corrected chi connectivity index (χ3v) is 7.41. The summed E-state index contributed by atoms with van der Waals surface area (Å²) < 4.78 is 7.59. The van der Waals surface area contributed by atoms with E-state index in [4.69, 9.17) is 26.4 Å². The van der Waals surface area contributed by atoms with E-state index in [0.717, 1.165) is 75.1 Å². The summed E-state index contributed by atoms with van der Waals surface area (Å²) in [5.74, 6) is 1.16. The Balaban J connectivity index is 1.28. The van der Waals surface area contributed by atoms with Gasteiger partial charge in [0.1, 0.15) is 0 Å². The smallest absolute Gasteiger partial charge is 0.159 e. The lowest BCUT2D eigenvalue weighted by molar-refractivity contribution is 0.0662. The van der Waals surface area contributed by atoms with E-state index in [2.05, 4.69) is 39.9 Å². The minimum absolute atomic E-state index is 0.457. The van der Waals surface area contributed by atoms with Crippen molar-refractivity contribution in [2.24, 2.45) is 5.92 Å². The fourth-order valence-electron chi connectivity index (χ4n) is 5.27. The number of piperidine rings is 1. The minimum Gasteiger partial charge on any atom is -0.381 e. The molecule has 0 spiro atoms. The van der Waals surface area contributed by atoms with Crippen LogP contribution >= 0.6 is 11.6 Å². The molecule has 2 fully saturated rings. The zero-order valence-corrected chi connectivity index (χ0v) is 20.2. The first-order chi connectivity index (χ1) is 16.2. The molecule has 1 atom stereocenters. The van der Waals surface area contributed by atoms with E-state index in [0.29, 0.717) is 11.8 Å². The molecule has 7 heteroatoms. The van der Waals surface area contributed by atoms with Crippen molar-refractivity contribution in [3.63, 3.8) is 0 Å². The summed E-state index contributed by atoms with van der Waals surface area (Å²) in [5.41, 5.74) is 5.88. The molecule has 2 aliphatic rings. The second-order valence-electron chi connectivity index (χ2n) is 9.56. The molecule has 3 aromatic rings. The van der Waals surface area contributed by atoms with Crippen LogP contribution < -0.4 is 5.32 Å². The first-order valence-corrected chi connectivity index (χ1v) is 12.6. The van der Waals surface area contributed by atoms with Crippen molar-refractivity contribution < 1.29 is 4.74 Å². The Kier molecular flexibility index (Phi) is 7.26. The van der Waals surface area contributed by atoms with Gasteiger partial charge in [0, 0.05) is 55.5 Å². The fourth-order valence-corrected chi connectivity index (χ4v) is 5.40. The third-order valence-electron chi connectivity index (χ3n) is 7.16. The molecule has 0 bridgehead atoms. The zero-order chi connectivity index (χ0) is 22.6. The Morgan fingerprint density at radius 1 is 1.12 bits per heavy atom. The number of hydrogen-bond donors (Lipinski definition) is 1. The van der Waals surface area contributed by atoms with Crippen molar-refractivity contribution in [1.29, 1.82) is 0 Å². The Labute approximate surface area is 201 Å². The molecule has 5 rings (SSSR count). The van der Waals surface area contributed by atoms with Crippen molar-refractivity contribution in [2.75, 3.05) is 32.8 Å². The van der Waals surface area contributed by atoms with Crippen LogP contribution in [0.1, 0.15) is 54.1 Å². The number of nitrogens with zero attached hydrogens (tertiary/aromatic N) is 4.